The predicted molar refractivity (Wildman–Crippen MR) is 85.9 cm³/mol. The van der Waals surface area contributed by atoms with E-state index in [2.05, 4.69) is 35.3 Å². The van der Waals surface area contributed by atoms with E-state index in [9.17, 15) is 0 Å². The minimum absolute atomic E-state index is 0.337. The summed E-state index contributed by atoms with van der Waals surface area (Å²) in [6, 6.07) is 8.66. The van der Waals surface area contributed by atoms with Crippen molar-refractivity contribution in [2.45, 2.75) is 31.9 Å². The highest BCUT2D eigenvalue weighted by atomic mass is 16.5. The van der Waals surface area contributed by atoms with Gasteiger partial charge in [-0.05, 0) is 44.5 Å². The summed E-state index contributed by atoms with van der Waals surface area (Å²) in [6.45, 7) is 6.17. The normalized spacial score (nSPS) is 18.6. The Morgan fingerprint density at radius 3 is 2.71 bits per heavy atom. The molecular weight excluding hydrogens is 264 g/mol. The smallest absolute Gasteiger partial charge is 0.119 e. The molecular formula is C17H28N2O2. The van der Waals surface area contributed by atoms with Crippen LogP contribution >= 0.6 is 0 Å². The Labute approximate surface area is 128 Å². The molecule has 21 heavy (non-hydrogen) atoms. The summed E-state index contributed by atoms with van der Waals surface area (Å²) < 4.78 is 11.0. The van der Waals surface area contributed by atoms with Crippen LogP contribution in [-0.4, -0.2) is 51.4 Å². The van der Waals surface area contributed by atoms with Gasteiger partial charge in [0, 0.05) is 32.3 Å². The Hall–Kier alpha value is -1.10. The zero-order valence-electron chi connectivity index (χ0n) is 13.5. The van der Waals surface area contributed by atoms with Gasteiger partial charge in [0.05, 0.1) is 13.2 Å². The van der Waals surface area contributed by atoms with Gasteiger partial charge >= 0.3 is 0 Å². The number of hydrogen-bond donors (Lipinski definition) is 1. The number of ether oxygens (including phenoxy) is 2. The van der Waals surface area contributed by atoms with Gasteiger partial charge < -0.3 is 19.7 Å². The zero-order valence-corrected chi connectivity index (χ0v) is 13.5. The molecule has 118 valence electrons. The molecule has 0 bridgehead atoms. The maximum atomic E-state index is 5.72. The molecule has 1 aromatic rings. The molecule has 1 aliphatic rings. The van der Waals surface area contributed by atoms with Crippen LogP contribution in [0.3, 0.4) is 0 Å². The van der Waals surface area contributed by atoms with Gasteiger partial charge in [-0.2, -0.15) is 0 Å². The van der Waals surface area contributed by atoms with Crippen molar-refractivity contribution in [3.8, 4) is 5.75 Å². The van der Waals surface area contributed by atoms with E-state index in [1.54, 1.807) is 7.11 Å². The minimum atomic E-state index is 0.337. The molecule has 1 fully saturated rings. The van der Waals surface area contributed by atoms with Gasteiger partial charge in [-0.1, -0.05) is 12.1 Å². The number of nitrogens with zero attached hydrogens (tertiary/aromatic N) is 1. The van der Waals surface area contributed by atoms with Gasteiger partial charge in [-0.3, -0.25) is 0 Å². The number of nitrogens with one attached hydrogen (secondary N) is 1. The van der Waals surface area contributed by atoms with E-state index in [1.165, 1.54) is 5.56 Å². The molecule has 4 heteroatoms. The van der Waals surface area contributed by atoms with Gasteiger partial charge in [0.2, 0.25) is 0 Å². The fraction of sp³-hybridized carbons (Fsp3) is 0.647. The number of hydrogen-bond acceptors (Lipinski definition) is 4. The van der Waals surface area contributed by atoms with E-state index in [-0.39, 0.29) is 0 Å². The third-order valence-corrected chi connectivity index (χ3v) is 4.22. The first-order valence-corrected chi connectivity index (χ1v) is 7.92. The number of likely N-dealkylation sites (tertiary alicyclic amines) is 1. The van der Waals surface area contributed by atoms with Gasteiger partial charge in [0.15, 0.2) is 0 Å². The first-order valence-electron chi connectivity index (χ1n) is 7.92. The zero-order chi connectivity index (χ0) is 15.1. The van der Waals surface area contributed by atoms with Crippen LogP contribution < -0.4 is 10.1 Å². The van der Waals surface area contributed by atoms with Crippen LogP contribution in [0.15, 0.2) is 24.3 Å². The van der Waals surface area contributed by atoms with Gasteiger partial charge in [-0.15, -0.1) is 0 Å². The van der Waals surface area contributed by atoms with Crippen molar-refractivity contribution in [3.05, 3.63) is 29.8 Å². The monoisotopic (exact) mass is 292 g/mol. The summed E-state index contributed by atoms with van der Waals surface area (Å²) in [6.07, 6.45) is 2.74. The minimum Gasteiger partial charge on any atom is -0.497 e. The van der Waals surface area contributed by atoms with Gasteiger partial charge in [0.25, 0.3) is 0 Å². The van der Waals surface area contributed by atoms with Crippen LogP contribution in [0.2, 0.25) is 0 Å². The second-order valence-electron chi connectivity index (χ2n) is 5.57. The summed E-state index contributed by atoms with van der Waals surface area (Å²) in [5.41, 5.74) is 1.28. The van der Waals surface area contributed by atoms with E-state index in [0.717, 1.165) is 44.8 Å². The molecule has 1 N–H and O–H groups in total. The molecule has 0 radical (unpaired) electrons. The van der Waals surface area contributed by atoms with Crippen molar-refractivity contribution in [2.75, 3.05) is 40.4 Å². The van der Waals surface area contributed by atoms with Crippen LogP contribution in [0.1, 0.15) is 31.4 Å². The quantitative estimate of drug-likeness (QED) is 0.837. The molecule has 0 aliphatic carbocycles. The van der Waals surface area contributed by atoms with Crippen molar-refractivity contribution < 1.29 is 9.47 Å². The van der Waals surface area contributed by atoms with E-state index >= 15 is 0 Å². The number of benzene rings is 1. The van der Waals surface area contributed by atoms with Gasteiger partial charge in [0.1, 0.15) is 5.75 Å². The molecule has 1 aromatic carbocycles. The van der Waals surface area contributed by atoms with Crippen molar-refractivity contribution in [1.29, 1.82) is 0 Å². The first kappa shape index (κ1) is 16.3. The Kier molecular flexibility index (Phi) is 6.49. The lowest BCUT2D eigenvalue weighted by Gasteiger charge is -2.34. The Balaban J connectivity index is 1.90. The molecule has 0 aromatic heterocycles. The fourth-order valence-corrected chi connectivity index (χ4v) is 2.97. The third-order valence-electron chi connectivity index (χ3n) is 4.22. The second-order valence-corrected chi connectivity index (χ2v) is 5.57. The Morgan fingerprint density at radius 2 is 2.10 bits per heavy atom. The molecule has 1 atom stereocenters. The highest BCUT2D eigenvalue weighted by molar-refractivity contribution is 5.30. The number of rotatable bonds is 7. The van der Waals surface area contributed by atoms with Crippen molar-refractivity contribution in [3.63, 3.8) is 0 Å². The summed E-state index contributed by atoms with van der Waals surface area (Å²) in [5.74, 6) is 0.919. The average Bonchev–Trinajstić information content (AvgIpc) is 2.54. The Morgan fingerprint density at radius 1 is 1.33 bits per heavy atom. The highest BCUT2D eigenvalue weighted by Crippen LogP contribution is 2.22. The van der Waals surface area contributed by atoms with Crippen LogP contribution in [0.5, 0.6) is 5.75 Å². The van der Waals surface area contributed by atoms with Crippen molar-refractivity contribution in [2.24, 2.45) is 0 Å². The van der Waals surface area contributed by atoms with Crippen LogP contribution in [0, 0.1) is 0 Å². The Bertz CT molecular complexity index is 417. The van der Waals surface area contributed by atoms with Crippen LogP contribution in [0.4, 0.5) is 0 Å². The molecule has 1 aliphatic heterocycles. The number of methoxy groups -OCH3 is 1. The standard InChI is InChI=1S/C17H28N2O2/c1-4-21-15-8-10-19(11-9-15)13-17(18-2)14-6-5-7-16(12-14)20-3/h5-7,12,15,17-18H,4,8-11,13H2,1-3H3. The van der Waals surface area contributed by atoms with E-state index < -0.39 is 0 Å². The predicted octanol–water partition coefficient (Wildman–Crippen LogP) is 2.46. The summed E-state index contributed by atoms with van der Waals surface area (Å²) in [5, 5.41) is 3.42. The molecule has 0 spiro atoms. The SMILES string of the molecule is CCOC1CCN(CC(NC)c2cccc(OC)c2)CC1. The topological polar surface area (TPSA) is 33.7 Å². The number of piperidine rings is 1. The maximum Gasteiger partial charge on any atom is 0.119 e. The van der Waals surface area contributed by atoms with E-state index in [4.69, 9.17) is 9.47 Å². The summed E-state index contributed by atoms with van der Waals surface area (Å²) >= 11 is 0. The summed E-state index contributed by atoms with van der Waals surface area (Å²) in [7, 11) is 3.74. The van der Waals surface area contributed by atoms with Crippen LogP contribution in [0.25, 0.3) is 0 Å². The molecule has 0 amide bonds. The van der Waals surface area contributed by atoms with Gasteiger partial charge in [-0.25, -0.2) is 0 Å². The fourth-order valence-electron chi connectivity index (χ4n) is 2.97. The lowest BCUT2D eigenvalue weighted by molar-refractivity contribution is 0.0125. The van der Waals surface area contributed by atoms with Crippen molar-refractivity contribution >= 4 is 0 Å². The highest BCUT2D eigenvalue weighted by Gasteiger charge is 2.22. The lowest BCUT2D eigenvalue weighted by Crippen LogP contribution is -2.41. The van der Waals surface area contributed by atoms with Crippen molar-refractivity contribution in [1.82, 2.24) is 10.2 Å². The maximum absolute atomic E-state index is 5.72. The summed E-state index contributed by atoms with van der Waals surface area (Å²) in [4.78, 5) is 2.52. The third kappa shape index (κ3) is 4.70. The van der Waals surface area contributed by atoms with E-state index in [0.29, 0.717) is 12.1 Å². The first-order chi connectivity index (χ1) is 10.3. The molecule has 1 saturated heterocycles. The molecule has 1 heterocycles. The molecule has 1 unspecified atom stereocenters. The largest absolute Gasteiger partial charge is 0.497 e. The second kappa shape index (κ2) is 8.37. The molecule has 2 rings (SSSR count). The lowest BCUT2D eigenvalue weighted by atomic mass is 10.0. The number of likely N-dealkylation sites (N-methyl/N-ethyl adjacent to an activating group) is 1. The molecule has 0 saturated carbocycles. The molecule has 4 nitrogen and oxygen atoms in total. The average molecular weight is 292 g/mol. The van der Waals surface area contributed by atoms with E-state index in [1.807, 2.05) is 13.1 Å². The van der Waals surface area contributed by atoms with Crippen LogP contribution in [-0.2, 0) is 4.74 Å².